The van der Waals surface area contributed by atoms with E-state index in [1.54, 1.807) is 6.07 Å². The van der Waals surface area contributed by atoms with Crippen molar-refractivity contribution in [2.24, 2.45) is 5.73 Å². The molecule has 0 aromatic heterocycles. The van der Waals surface area contributed by atoms with E-state index in [1.165, 1.54) is 6.07 Å². The lowest BCUT2D eigenvalue weighted by Gasteiger charge is -2.11. The van der Waals surface area contributed by atoms with Crippen LogP contribution < -0.4 is 5.73 Å². The molecule has 3 heteroatoms. The predicted octanol–water partition coefficient (Wildman–Crippen LogP) is 1.43. The van der Waals surface area contributed by atoms with Gasteiger partial charge in [-0.2, -0.15) is 0 Å². The lowest BCUT2D eigenvalue weighted by Crippen LogP contribution is -2.13. The van der Waals surface area contributed by atoms with Crippen molar-refractivity contribution in [2.75, 3.05) is 6.54 Å². The summed E-state index contributed by atoms with van der Waals surface area (Å²) in [4.78, 5) is 0. The predicted molar refractivity (Wildman–Crippen MR) is 49.9 cm³/mol. The number of aliphatic hydroxyl groups excluding tert-OH is 1. The zero-order valence-corrected chi connectivity index (χ0v) is 7.84. The average molecular weight is 183 g/mol. The zero-order chi connectivity index (χ0) is 10.0. The monoisotopic (exact) mass is 183 g/mol. The molecule has 72 valence electrons. The standard InChI is InChI=1S/C10H14FNO/c1-6-3-8(10(13)5-12)9(11)4-7(6)2/h3-4,10,13H,5,12H2,1-2H3. The van der Waals surface area contributed by atoms with Crippen LogP contribution in [0.3, 0.4) is 0 Å². The summed E-state index contributed by atoms with van der Waals surface area (Å²) in [6.45, 7) is 3.75. The first kappa shape index (κ1) is 10.2. The maximum absolute atomic E-state index is 13.3. The number of aryl methyl sites for hydroxylation is 2. The Bertz CT molecular complexity index is 312. The van der Waals surface area contributed by atoms with Gasteiger partial charge >= 0.3 is 0 Å². The second-order valence-corrected chi connectivity index (χ2v) is 3.21. The van der Waals surface area contributed by atoms with Crippen molar-refractivity contribution >= 4 is 0 Å². The van der Waals surface area contributed by atoms with Gasteiger partial charge in [-0.1, -0.05) is 6.07 Å². The smallest absolute Gasteiger partial charge is 0.129 e. The minimum Gasteiger partial charge on any atom is -0.387 e. The van der Waals surface area contributed by atoms with Crippen LogP contribution in [0.5, 0.6) is 0 Å². The average Bonchev–Trinajstić information content (AvgIpc) is 2.10. The third kappa shape index (κ3) is 2.05. The second kappa shape index (κ2) is 3.85. The number of rotatable bonds is 2. The minimum absolute atomic E-state index is 0.0411. The number of nitrogens with two attached hydrogens (primary N) is 1. The molecule has 0 aliphatic heterocycles. The number of aliphatic hydroxyl groups is 1. The molecule has 0 aliphatic rings. The molecule has 0 radical (unpaired) electrons. The Morgan fingerprint density at radius 1 is 1.38 bits per heavy atom. The highest BCUT2D eigenvalue weighted by Gasteiger charge is 2.12. The summed E-state index contributed by atoms with van der Waals surface area (Å²) >= 11 is 0. The topological polar surface area (TPSA) is 46.2 Å². The number of halogens is 1. The van der Waals surface area contributed by atoms with Gasteiger partial charge in [-0.25, -0.2) is 4.39 Å². The maximum Gasteiger partial charge on any atom is 0.129 e. The highest BCUT2D eigenvalue weighted by atomic mass is 19.1. The molecule has 1 aromatic rings. The highest BCUT2D eigenvalue weighted by Crippen LogP contribution is 2.20. The van der Waals surface area contributed by atoms with Crippen LogP contribution in [-0.4, -0.2) is 11.7 Å². The summed E-state index contributed by atoms with van der Waals surface area (Å²) in [6, 6.07) is 3.06. The first-order valence-corrected chi connectivity index (χ1v) is 4.21. The molecule has 1 aromatic carbocycles. The molecule has 0 saturated carbocycles. The Morgan fingerprint density at radius 2 is 1.92 bits per heavy atom. The molecular formula is C10H14FNO. The van der Waals surface area contributed by atoms with E-state index in [-0.39, 0.29) is 17.9 Å². The van der Waals surface area contributed by atoms with E-state index in [9.17, 15) is 9.50 Å². The van der Waals surface area contributed by atoms with Crippen LogP contribution in [-0.2, 0) is 0 Å². The van der Waals surface area contributed by atoms with Crippen LogP contribution in [0.1, 0.15) is 22.8 Å². The van der Waals surface area contributed by atoms with Crippen molar-refractivity contribution in [1.82, 2.24) is 0 Å². The lowest BCUT2D eigenvalue weighted by atomic mass is 10.0. The van der Waals surface area contributed by atoms with E-state index in [0.717, 1.165) is 11.1 Å². The molecule has 3 N–H and O–H groups in total. The van der Waals surface area contributed by atoms with E-state index in [1.807, 2.05) is 13.8 Å². The zero-order valence-electron chi connectivity index (χ0n) is 7.84. The third-order valence-electron chi connectivity index (χ3n) is 2.20. The Kier molecular flexibility index (Phi) is 3.01. The number of hydrogen-bond acceptors (Lipinski definition) is 2. The van der Waals surface area contributed by atoms with Gasteiger partial charge in [0.15, 0.2) is 0 Å². The molecule has 0 amide bonds. The van der Waals surface area contributed by atoms with Gasteiger partial charge in [0, 0.05) is 12.1 Å². The summed E-state index contributed by atoms with van der Waals surface area (Å²) in [5.74, 6) is -0.388. The van der Waals surface area contributed by atoms with Crippen LogP contribution >= 0.6 is 0 Å². The van der Waals surface area contributed by atoms with Crippen molar-refractivity contribution in [1.29, 1.82) is 0 Å². The van der Waals surface area contributed by atoms with Crippen molar-refractivity contribution in [3.05, 3.63) is 34.6 Å². The van der Waals surface area contributed by atoms with Crippen molar-refractivity contribution < 1.29 is 9.50 Å². The maximum atomic E-state index is 13.3. The van der Waals surface area contributed by atoms with Crippen molar-refractivity contribution in [2.45, 2.75) is 20.0 Å². The van der Waals surface area contributed by atoms with Gasteiger partial charge < -0.3 is 10.8 Å². The fourth-order valence-corrected chi connectivity index (χ4v) is 1.19. The van der Waals surface area contributed by atoms with E-state index in [0.29, 0.717) is 0 Å². The first-order chi connectivity index (χ1) is 6.06. The normalized spacial score (nSPS) is 13.0. The van der Waals surface area contributed by atoms with Gasteiger partial charge in [0.05, 0.1) is 6.10 Å². The summed E-state index contributed by atoms with van der Waals surface area (Å²) in [7, 11) is 0. The van der Waals surface area contributed by atoms with E-state index < -0.39 is 6.10 Å². The fourth-order valence-electron chi connectivity index (χ4n) is 1.19. The van der Waals surface area contributed by atoms with Crippen molar-refractivity contribution in [3.63, 3.8) is 0 Å². The SMILES string of the molecule is Cc1cc(F)c(C(O)CN)cc1C. The number of benzene rings is 1. The molecule has 2 nitrogen and oxygen atoms in total. The van der Waals surface area contributed by atoms with Crippen LogP contribution in [0.4, 0.5) is 4.39 Å². The first-order valence-electron chi connectivity index (χ1n) is 4.21. The highest BCUT2D eigenvalue weighted by molar-refractivity contribution is 5.32. The van der Waals surface area contributed by atoms with E-state index in [4.69, 9.17) is 5.73 Å². The van der Waals surface area contributed by atoms with Gasteiger partial charge in [-0.3, -0.25) is 0 Å². The summed E-state index contributed by atoms with van der Waals surface area (Å²) in [5.41, 5.74) is 7.37. The van der Waals surface area contributed by atoms with Crippen LogP contribution in [0.25, 0.3) is 0 Å². The third-order valence-corrected chi connectivity index (χ3v) is 2.20. The lowest BCUT2D eigenvalue weighted by molar-refractivity contribution is 0.181. The molecule has 0 heterocycles. The summed E-state index contributed by atoms with van der Waals surface area (Å²) in [6.07, 6.45) is -0.903. The van der Waals surface area contributed by atoms with Gasteiger partial charge in [0.25, 0.3) is 0 Å². The molecule has 1 unspecified atom stereocenters. The summed E-state index contributed by atoms with van der Waals surface area (Å²) in [5, 5.41) is 9.36. The van der Waals surface area contributed by atoms with Crippen LogP contribution in [0.15, 0.2) is 12.1 Å². The quantitative estimate of drug-likeness (QED) is 0.728. The molecule has 13 heavy (non-hydrogen) atoms. The Balaban J connectivity index is 3.15. The molecule has 0 saturated heterocycles. The van der Waals surface area contributed by atoms with Gasteiger partial charge in [0.1, 0.15) is 5.82 Å². The fraction of sp³-hybridized carbons (Fsp3) is 0.400. The van der Waals surface area contributed by atoms with Gasteiger partial charge in [-0.05, 0) is 31.0 Å². The molecule has 0 spiro atoms. The molecule has 0 aliphatic carbocycles. The number of hydrogen-bond donors (Lipinski definition) is 2. The minimum atomic E-state index is -0.903. The Morgan fingerprint density at radius 3 is 2.46 bits per heavy atom. The molecule has 0 fully saturated rings. The van der Waals surface area contributed by atoms with Gasteiger partial charge in [0.2, 0.25) is 0 Å². The largest absolute Gasteiger partial charge is 0.387 e. The molecule has 1 atom stereocenters. The van der Waals surface area contributed by atoms with E-state index >= 15 is 0 Å². The van der Waals surface area contributed by atoms with E-state index in [2.05, 4.69) is 0 Å². The van der Waals surface area contributed by atoms with Crippen LogP contribution in [0.2, 0.25) is 0 Å². The molecular weight excluding hydrogens is 169 g/mol. The Hall–Kier alpha value is -0.930. The summed E-state index contributed by atoms with van der Waals surface area (Å²) < 4.78 is 13.3. The molecule has 0 bridgehead atoms. The second-order valence-electron chi connectivity index (χ2n) is 3.21. The van der Waals surface area contributed by atoms with Gasteiger partial charge in [-0.15, -0.1) is 0 Å². The Labute approximate surface area is 77.2 Å². The van der Waals surface area contributed by atoms with Crippen molar-refractivity contribution in [3.8, 4) is 0 Å². The van der Waals surface area contributed by atoms with Crippen LogP contribution in [0, 0.1) is 19.7 Å². The molecule has 1 rings (SSSR count).